The summed E-state index contributed by atoms with van der Waals surface area (Å²) in [6, 6.07) is 21.7. The normalized spacial score (nSPS) is 20.4. The van der Waals surface area contributed by atoms with Gasteiger partial charge in [0.15, 0.2) is 0 Å². The first kappa shape index (κ1) is 43.3. The van der Waals surface area contributed by atoms with E-state index in [1.165, 1.54) is 0 Å². The van der Waals surface area contributed by atoms with Crippen molar-refractivity contribution < 1.29 is 43.5 Å². The maximum atomic E-state index is 14.3. The zero-order valence-electron chi connectivity index (χ0n) is 34.3. The third-order valence-corrected chi connectivity index (χ3v) is 10.9. The van der Waals surface area contributed by atoms with Gasteiger partial charge < -0.3 is 44.5 Å². The van der Waals surface area contributed by atoms with Crippen molar-refractivity contribution in [3.63, 3.8) is 0 Å². The Morgan fingerprint density at radius 1 is 0.793 bits per heavy atom. The molecule has 3 aromatic carbocycles. The number of aliphatic hydroxyl groups excluding tert-OH is 2. The molecule has 13 nitrogen and oxygen atoms in total. The molecule has 0 spiro atoms. The van der Waals surface area contributed by atoms with Crippen LogP contribution >= 0.6 is 0 Å². The van der Waals surface area contributed by atoms with E-state index >= 15 is 0 Å². The Kier molecular flexibility index (Phi) is 15.8. The summed E-state index contributed by atoms with van der Waals surface area (Å²) in [5.41, 5.74) is 2.90. The molecule has 5 atom stereocenters. The highest BCUT2D eigenvalue weighted by Gasteiger charge is 2.35. The number of nitrogens with zero attached hydrogens (tertiary/aromatic N) is 2. The number of rotatable bonds is 18. The molecule has 2 fully saturated rings. The number of aliphatic hydroxyl groups is 2. The maximum Gasteiger partial charge on any atom is 0.407 e. The molecule has 316 valence electrons. The van der Waals surface area contributed by atoms with Crippen molar-refractivity contribution in [2.45, 2.75) is 76.3 Å². The van der Waals surface area contributed by atoms with E-state index in [1.807, 2.05) is 72.8 Å². The molecule has 0 bridgehead atoms. The van der Waals surface area contributed by atoms with Crippen LogP contribution in [0.2, 0.25) is 0 Å². The van der Waals surface area contributed by atoms with Gasteiger partial charge in [-0.25, -0.2) is 4.79 Å². The summed E-state index contributed by atoms with van der Waals surface area (Å²) in [7, 11) is 0. The van der Waals surface area contributed by atoms with E-state index in [1.54, 1.807) is 20.8 Å². The lowest BCUT2D eigenvalue weighted by molar-refractivity contribution is -0.127. The van der Waals surface area contributed by atoms with Gasteiger partial charge in [-0.2, -0.15) is 0 Å². The third-order valence-electron chi connectivity index (χ3n) is 10.9. The fraction of sp³-hybridized carbons (Fsp3) is 0.556. The van der Waals surface area contributed by atoms with Crippen molar-refractivity contribution >= 4 is 12.0 Å². The van der Waals surface area contributed by atoms with Crippen LogP contribution in [0.4, 0.5) is 4.79 Å². The second-order valence-electron chi connectivity index (χ2n) is 16.5. The summed E-state index contributed by atoms with van der Waals surface area (Å²) in [6.07, 6.45) is -1.47. The predicted octanol–water partition coefficient (Wildman–Crippen LogP) is 3.93. The van der Waals surface area contributed by atoms with Crippen LogP contribution in [0.5, 0.6) is 11.5 Å². The number of carbonyl (C=O) groups is 2. The Labute approximate surface area is 342 Å². The molecule has 2 saturated heterocycles. The molecule has 3 aliphatic rings. The first-order valence-electron chi connectivity index (χ1n) is 20.8. The van der Waals surface area contributed by atoms with E-state index in [9.17, 15) is 19.8 Å². The smallest absolute Gasteiger partial charge is 0.407 e. The second kappa shape index (κ2) is 21.1. The quantitative estimate of drug-likeness (QED) is 0.148. The summed E-state index contributed by atoms with van der Waals surface area (Å²) < 4.78 is 28.5. The number of ether oxygens (including phenoxy) is 5. The molecule has 2 heterocycles. The number of morpholine rings is 2. The summed E-state index contributed by atoms with van der Waals surface area (Å²) in [5, 5.41) is 29.0. The van der Waals surface area contributed by atoms with Crippen LogP contribution in [0.3, 0.4) is 0 Å². The molecular weight excluding hydrogens is 741 g/mol. The molecule has 0 saturated carbocycles. The van der Waals surface area contributed by atoms with Gasteiger partial charge in [-0.15, -0.1) is 0 Å². The molecule has 0 aromatic heterocycles. The van der Waals surface area contributed by atoms with Crippen LogP contribution in [-0.2, 0) is 38.3 Å². The highest BCUT2D eigenvalue weighted by atomic mass is 16.6. The molecule has 0 radical (unpaired) electrons. The number of alkyl carbamates (subject to hydrolysis) is 1. The van der Waals surface area contributed by atoms with E-state index in [-0.39, 0.29) is 18.7 Å². The van der Waals surface area contributed by atoms with Crippen LogP contribution in [0.15, 0.2) is 72.8 Å². The van der Waals surface area contributed by atoms with Gasteiger partial charge in [0.1, 0.15) is 30.3 Å². The van der Waals surface area contributed by atoms with Gasteiger partial charge in [0.05, 0.1) is 50.7 Å². The first-order chi connectivity index (χ1) is 28.0. The summed E-state index contributed by atoms with van der Waals surface area (Å²) >= 11 is 0. The average Bonchev–Trinajstić information content (AvgIpc) is 3.52. The van der Waals surface area contributed by atoms with Gasteiger partial charge in [-0.1, -0.05) is 48.5 Å². The topological polar surface area (TPSA) is 151 Å². The lowest BCUT2D eigenvalue weighted by atomic mass is 9.88. The van der Waals surface area contributed by atoms with E-state index in [0.717, 1.165) is 99.4 Å². The fourth-order valence-electron chi connectivity index (χ4n) is 7.72. The molecule has 3 aromatic rings. The van der Waals surface area contributed by atoms with E-state index in [0.29, 0.717) is 26.1 Å². The molecule has 58 heavy (non-hydrogen) atoms. The zero-order chi connectivity index (χ0) is 40.9. The van der Waals surface area contributed by atoms with Crippen molar-refractivity contribution in [2.24, 2.45) is 5.92 Å². The second-order valence-corrected chi connectivity index (χ2v) is 16.5. The number of fused-ring (bicyclic) bond motifs is 1. The number of carbonyl (C=O) groups excluding carboxylic acids is 2. The molecule has 2 aliphatic heterocycles. The molecule has 2 amide bonds. The maximum absolute atomic E-state index is 14.3. The minimum atomic E-state index is -1.13. The predicted molar refractivity (Wildman–Crippen MR) is 220 cm³/mol. The standard InChI is InChI=1S/C45H62N4O9/c1-45(2,3)58-44(53)46-39(29-33-10-14-37(15-11-33)57-27-21-49-18-24-55-25-19-49)40(50)31-35(43(52)47-42-38-7-5-4-6-34(38)30-41(42)51)28-32-8-12-36(13-9-32)56-26-20-48-16-22-54-23-17-48/h4-15,35,39-42,50-51H,16-31H2,1-3H3,(H,46,53)(H,47,52)/t35?,39?,40?,41-,42-/m0/s1. The lowest BCUT2D eigenvalue weighted by Gasteiger charge is -2.30. The zero-order valence-corrected chi connectivity index (χ0v) is 34.3. The lowest BCUT2D eigenvalue weighted by Crippen LogP contribution is -2.48. The molecule has 1 aliphatic carbocycles. The van der Waals surface area contributed by atoms with Crippen LogP contribution in [-0.4, -0.2) is 135 Å². The minimum absolute atomic E-state index is 0.0390. The molecular formula is C45H62N4O9. The molecule has 4 N–H and O–H groups in total. The highest BCUT2D eigenvalue weighted by Crippen LogP contribution is 2.32. The van der Waals surface area contributed by atoms with Crippen LogP contribution in [0.1, 0.15) is 55.5 Å². The van der Waals surface area contributed by atoms with Gasteiger partial charge in [0.2, 0.25) is 5.91 Å². The Bertz CT molecular complexity index is 1720. The van der Waals surface area contributed by atoms with E-state index in [2.05, 4.69) is 20.4 Å². The Morgan fingerprint density at radius 2 is 1.33 bits per heavy atom. The van der Waals surface area contributed by atoms with Gasteiger partial charge in [-0.3, -0.25) is 14.6 Å². The van der Waals surface area contributed by atoms with Gasteiger partial charge in [0.25, 0.3) is 0 Å². The molecule has 6 rings (SSSR count). The van der Waals surface area contributed by atoms with Crippen molar-refractivity contribution in [2.75, 3.05) is 78.9 Å². The number of benzene rings is 3. The van der Waals surface area contributed by atoms with Crippen molar-refractivity contribution in [1.82, 2.24) is 20.4 Å². The molecule has 13 heteroatoms. The Morgan fingerprint density at radius 3 is 1.88 bits per heavy atom. The monoisotopic (exact) mass is 802 g/mol. The number of amides is 2. The summed E-state index contributed by atoms with van der Waals surface area (Å²) in [6.45, 7) is 14.6. The van der Waals surface area contributed by atoms with Gasteiger partial charge in [-0.05, 0) is 86.6 Å². The fourth-order valence-corrected chi connectivity index (χ4v) is 7.72. The SMILES string of the molecule is CC(C)(C)OC(=O)NC(Cc1ccc(OCCN2CCOCC2)cc1)C(O)CC(Cc1ccc(OCCN2CCOCC2)cc1)C(=O)N[C@H]1c2ccccc2C[C@@H]1O. The average molecular weight is 803 g/mol. The Hall–Kier alpha value is -4.24. The van der Waals surface area contributed by atoms with E-state index < -0.39 is 41.9 Å². The van der Waals surface area contributed by atoms with Crippen LogP contribution in [0, 0.1) is 5.92 Å². The van der Waals surface area contributed by atoms with Gasteiger partial charge in [0, 0.05) is 51.6 Å². The Balaban J connectivity index is 1.14. The van der Waals surface area contributed by atoms with Crippen molar-refractivity contribution in [1.29, 1.82) is 0 Å². The summed E-state index contributed by atoms with van der Waals surface area (Å²) in [5.74, 6) is 0.475. The number of nitrogens with one attached hydrogen (secondary N) is 2. The van der Waals surface area contributed by atoms with Crippen molar-refractivity contribution in [3.05, 3.63) is 95.1 Å². The van der Waals surface area contributed by atoms with Crippen molar-refractivity contribution in [3.8, 4) is 11.5 Å². The molecule has 3 unspecified atom stereocenters. The van der Waals surface area contributed by atoms with E-state index in [4.69, 9.17) is 23.7 Å². The van der Waals surface area contributed by atoms with Crippen LogP contribution < -0.4 is 20.1 Å². The first-order valence-corrected chi connectivity index (χ1v) is 20.8. The third kappa shape index (κ3) is 13.4. The number of hydrogen-bond donors (Lipinski definition) is 4. The minimum Gasteiger partial charge on any atom is -0.492 e. The number of hydrogen-bond acceptors (Lipinski definition) is 11. The largest absolute Gasteiger partial charge is 0.492 e. The van der Waals surface area contributed by atoms with Crippen LogP contribution in [0.25, 0.3) is 0 Å². The van der Waals surface area contributed by atoms with Gasteiger partial charge >= 0.3 is 6.09 Å². The highest BCUT2D eigenvalue weighted by molar-refractivity contribution is 5.80. The summed E-state index contributed by atoms with van der Waals surface area (Å²) in [4.78, 5) is 32.0.